The molecule has 5 rings (SSSR count). The molecule has 1 amide bonds. The van der Waals surface area contributed by atoms with Crippen LogP contribution >= 0.6 is 23.2 Å². The lowest BCUT2D eigenvalue weighted by Gasteiger charge is -2.30. The van der Waals surface area contributed by atoms with Crippen molar-refractivity contribution in [1.29, 1.82) is 0 Å². The first-order valence-electron chi connectivity index (χ1n) is 11.4. The van der Waals surface area contributed by atoms with E-state index in [2.05, 4.69) is 4.98 Å². The maximum Gasteiger partial charge on any atom is 0.241 e. The lowest BCUT2D eigenvalue weighted by molar-refractivity contribution is -0.113. The Morgan fingerprint density at radius 1 is 1.00 bits per heavy atom. The molecule has 0 aliphatic heterocycles. The third kappa shape index (κ3) is 4.74. The Kier molecular flexibility index (Phi) is 6.56. The number of imidazole rings is 1. The second-order valence-electron chi connectivity index (χ2n) is 8.68. The van der Waals surface area contributed by atoms with Crippen LogP contribution in [0.25, 0.3) is 28.1 Å². The van der Waals surface area contributed by atoms with Crippen LogP contribution in [-0.4, -0.2) is 25.5 Å². The zero-order valence-electron chi connectivity index (χ0n) is 19.8. The van der Waals surface area contributed by atoms with Crippen molar-refractivity contribution in [2.45, 2.75) is 5.60 Å². The molecule has 6 nitrogen and oxygen atoms in total. The van der Waals surface area contributed by atoms with E-state index in [1.165, 1.54) is 6.08 Å². The fraction of sp³-hybridized carbons (Fsp3) is 0.0690. The van der Waals surface area contributed by atoms with E-state index in [0.717, 1.165) is 16.5 Å². The van der Waals surface area contributed by atoms with Gasteiger partial charge in [-0.15, -0.1) is 0 Å². The number of aryl methyl sites for hydroxylation is 1. The zero-order chi connectivity index (χ0) is 26.2. The third-order valence-electron chi connectivity index (χ3n) is 6.25. The Morgan fingerprint density at radius 2 is 1.76 bits per heavy atom. The molecule has 2 aromatic heterocycles. The highest BCUT2D eigenvalue weighted by atomic mass is 35.5. The van der Waals surface area contributed by atoms with Crippen LogP contribution in [0, 0.1) is 0 Å². The molecule has 184 valence electrons. The summed E-state index contributed by atoms with van der Waals surface area (Å²) in [5.74, 6) is -0.564. The first-order chi connectivity index (χ1) is 17.8. The molecule has 3 N–H and O–H groups in total. The van der Waals surface area contributed by atoms with Gasteiger partial charge in [-0.05, 0) is 70.8 Å². The number of carbonyl (C=O) groups is 1. The molecule has 8 heteroatoms. The second-order valence-corrected chi connectivity index (χ2v) is 9.55. The molecule has 0 spiro atoms. The van der Waals surface area contributed by atoms with Crippen LogP contribution in [0.4, 0.5) is 0 Å². The molecule has 2 heterocycles. The number of benzene rings is 3. The smallest absolute Gasteiger partial charge is 0.241 e. The van der Waals surface area contributed by atoms with Crippen molar-refractivity contribution < 1.29 is 9.90 Å². The molecule has 37 heavy (non-hydrogen) atoms. The summed E-state index contributed by atoms with van der Waals surface area (Å²) < 4.78 is 1.78. The zero-order valence-corrected chi connectivity index (χ0v) is 21.3. The standard InChI is InChI=1S/C29H22Cl2N4O2/c1-35-17-33-16-27(35)29(37,19-5-8-21(30)9-6-19)20-7-11-26-25(14-20)24(18-3-2-4-22(31)13-18)15-23(34-26)10-12-28(32)36/h2-17,37H,1H3,(H2,32,36). The molecule has 1 atom stereocenters. The van der Waals surface area contributed by atoms with Crippen molar-refractivity contribution in [3.05, 3.63) is 124 Å². The normalized spacial score (nSPS) is 13.2. The highest BCUT2D eigenvalue weighted by Crippen LogP contribution is 2.40. The summed E-state index contributed by atoms with van der Waals surface area (Å²) in [5, 5.41) is 14.3. The molecule has 5 aromatic rings. The van der Waals surface area contributed by atoms with Crippen LogP contribution < -0.4 is 5.73 Å². The van der Waals surface area contributed by atoms with Gasteiger partial charge in [0.05, 0.1) is 29.4 Å². The molecular weight excluding hydrogens is 507 g/mol. The van der Waals surface area contributed by atoms with Gasteiger partial charge in [0.1, 0.15) is 0 Å². The molecule has 0 saturated heterocycles. The van der Waals surface area contributed by atoms with Crippen molar-refractivity contribution in [2.24, 2.45) is 12.8 Å². The number of halogens is 2. The largest absolute Gasteiger partial charge is 0.374 e. The number of fused-ring (bicyclic) bond motifs is 1. The molecule has 0 aliphatic rings. The van der Waals surface area contributed by atoms with Gasteiger partial charge in [-0.3, -0.25) is 4.79 Å². The fourth-order valence-corrected chi connectivity index (χ4v) is 4.79. The summed E-state index contributed by atoms with van der Waals surface area (Å²) in [6.07, 6.45) is 6.13. The maximum absolute atomic E-state index is 12.3. The summed E-state index contributed by atoms with van der Waals surface area (Å²) in [4.78, 5) is 20.3. The van der Waals surface area contributed by atoms with Crippen LogP contribution in [0.15, 0.2) is 91.4 Å². The minimum Gasteiger partial charge on any atom is -0.374 e. The number of hydrogen-bond acceptors (Lipinski definition) is 4. The first kappa shape index (κ1) is 24.7. The van der Waals surface area contributed by atoms with E-state index in [-0.39, 0.29) is 0 Å². The lowest BCUT2D eigenvalue weighted by Crippen LogP contribution is -2.31. The van der Waals surface area contributed by atoms with Gasteiger partial charge in [0.15, 0.2) is 5.60 Å². The lowest BCUT2D eigenvalue weighted by atomic mass is 9.82. The number of primary amides is 1. The van der Waals surface area contributed by atoms with Crippen molar-refractivity contribution in [3.63, 3.8) is 0 Å². The SMILES string of the molecule is Cn1cncc1C(O)(c1ccc(Cl)cc1)c1ccc2nc(C=CC(N)=O)cc(-c3cccc(Cl)c3)c2c1. The van der Waals surface area contributed by atoms with Crippen molar-refractivity contribution in [1.82, 2.24) is 14.5 Å². The van der Waals surface area contributed by atoms with Crippen molar-refractivity contribution >= 4 is 46.1 Å². The van der Waals surface area contributed by atoms with E-state index in [1.54, 1.807) is 53.5 Å². The molecule has 0 bridgehead atoms. The molecular formula is C29H22Cl2N4O2. The fourth-order valence-electron chi connectivity index (χ4n) is 4.48. The number of amides is 1. The number of carbonyl (C=O) groups excluding carboxylic acids is 1. The summed E-state index contributed by atoms with van der Waals surface area (Å²) >= 11 is 12.5. The quantitative estimate of drug-likeness (QED) is 0.275. The van der Waals surface area contributed by atoms with Crippen LogP contribution in [0.1, 0.15) is 22.5 Å². The minimum absolute atomic E-state index is 0.564. The highest BCUT2D eigenvalue weighted by Gasteiger charge is 2.37. The number of nitrogens with two attached hydrogens (primary N) is 1. The van der Waals surface area contributed by atoms with Crippen LogP contribution in [0.3, 0.4) is 0 Å². The van der Waals surface area contributed by atoms with Crippen LogP contribution in [0.2, 0.25) is 10.0 Å². The summed E-state index contributed by atoms with van der Waals surface area (Å²) in [6.45, 7) is 0. The predicted molar refractivity (Wildman–Crippen MR) is 147 cm³/mol. The van der Waals surface area contributed by atoms with Gasteiger partial charge < -0.3 is 15.4 Å². The number of aromatic nitrogens is 3. The van der Waals surface area contributed by atoms with E-state index >= 15 is 0 Å². The molecule has 0 fully saturated rings. The van der Waals surface area contributed by atoms with Gasteiger partial charge in [0, 0.05) is 28.6 Å². The second kappa shape index (κ2) is 9.82. The molecule has 0 aliphatic carbocycles. The van der Waals surface area contributed by atoms with Crippen LogP contribution in [0.5, 0.6) is 0 Å². The van der Waals surface area contributed by atoms with Crippen LogP contribution in [-0.2, 0) is 17.4 Å². The van der Waals surface area contributed by atoms with E-state index in [0.29, 0.717) is 38.1 Å². The Labute approximate surface area is 223 Å². The summed E-state index contributed by atoms with van der Waals surface area (Å²) in [6, 6.07) is 22.0. The minimum atomic E-state index is -1.53. The van der Waals surface area contributed by atoms with Crippen molar-refractivity contribution in [2.75, 3.05) is 0 Å². The van der Waals surface area contributed by atoms with Gasteiger partial charge in [-0.2, -0.15) is 0 Å². The molecule has 3 aromatic carbocycles. The average Bonchev–Trinajstić information content (AvgIpc) is 3.33. The number of hydrogen-bond donors (Lipinski definition) is 2. The highest BCUT2D eigenvalue weighted by molar-refractivity contribution is 6.31. The number of pyridine rings is 1. The predicted octanol–water partition coefficient (Wildman–Crippen LogP) is 5.72. The topological polar surface area (TPSA) is 94.0 Å². The number of aliphatic hydroxyl groups is 1. The molecule has 0 saturated carbocycles. The molecule has 1 unspecified atom stereocenters. The van der Waals surface area contributed by atoms with Gasteiger partial charge in [-0.1, -0.05) is 53.5 Å². The van der Waals surface area contributed by atoms with E-state index in [4.69, 9.17) is 33.9 Å². The molecule has 0 radical (unpaired) electrons. The van der Waals surface area contributed by atoms with E-state index in [9.17, 15) is 9.90 Å². The van der Waals surface area contributed by atoms with E-state index in [1.807, 2.05) is 49.5 Å². The Morgan fingerprint density at radius 3 is 2.43 bits per heavy atom. The average molecular weight is 529 g/mol. The third-order valence-corrected chi connectivity index (χ3v) is 6.74. The summed E-state index contributed by atoms with van der Waals surface area (Å²) in [5.41, 5.74) is 8.56. The van der Waals surface area contributed by atoms with Gasteiger partial charge >= 0.3 is 0 Å². The number of nitrogens with zero attached hydrogens (tertiary/aromatic N) is 3. The van der Waals surface area contributed by atoms with Crippen molar-refractivity contribution in [3.8, 4) is 11.1 Å². The monoisotopic (exact) mass is 528 g/mol. The maximum atomic E-state index is 12.3. The summed E-state index contributed by atoms with van der Waals surface area (Å²) in [7, 11) is 1.83. The Hall–Kier alpha value is -3.97. The Bertz CT molecular complexity index is 1660. The number of rotatable bonds is 6. The van der Waals surface area contributed by atoms with Gasteiger partial charge in [0.25, 0.3) is 0 Å². The Balaban J connectivity index is 1.79. The van der Waals surface area contributed by atoms with Gasteiger partial charge in [-0.25, -0.2) is 9.97 Å². The van der Waals surface area contributed by atoms with E-state index < -0.39 is 11.5 Å². The first-order valence-corrected chi connectivity index (χ1v) is 12.2. The van der Waals surface area contributed by atoms with Gasteiger partial charge in [0.2, 0.25) is 5.91 Å².